The van der Waals surface area contributed by atoms with Gasteiger partial charge in [0.2, 0.25) is 0 Å². The minimum atomic E-state index is -1.44. The number of carbonyl (C=O) groups excluding carboxylic acids is 3. The van der Waals surface area contributed by atoms with Crippen molar-refractivity contribution >= 4 is 29.4 Å². The maximum Gasteiger partial charge on any atom is 0.311 e. The molecule has 2 rings (SSSR count). The second kappa shape index (κ2) is 12.4. The van der Waals surface area contributed by atoms with Gasteiger partial charge in [0.05, 0.1) is 26.6 Å². The molecular formula is C21H23N3O8-2. The van der Waals surface area contributed by atoms with Crippen molar-refractivity contribution in [3.05, 3.63) is 53.1 Å². The predicted molar refractivity (Wildman–Crippen MR) is 110 cm³/mol. The van der Waals surface area contributed by atoms with E-state index in [1.54, 1.807) is 24.3 Å². The molecular weight excluding hydrogens is 422 g/mol. The Morgan fingerprint density at radius 3 is 2.12 bits per heavy atom. The summed E-state index contributed by atoms with van der Waals surface area (Å²) in [4.78, 5) is 32.2. The molecule has 0 aliphatic heterocycles. The second-order valence-electron chi connectivity index (χ2n) is 6.16. The first-order valence-electron chi connectivity index (χ1n) is 9.06. The fourth-order valence-corrected chi connectivity index (χ4v) is 2.46. The number of aromatic carboxylic acids is 1. The molecule has 4 N–H and O–H groups in total. The summed E-state index contributed by atoms with van der Waals surface area (Å²) in [5.74, 6) is -2.93. The van der Waals surface area contributed by atoms with Crippen LogP contribution in [0.4, 0.5) is 5.69 Å². The van der Waals surface area contributed by atoms with E-state index in [4.69, 9.17) is 35.3 Å². The van der Waals surface area contributed by atoms with Gasteiger partial charge < -0.3 is 45.1 Å². The van der Waals surface area contributed by atoms with Gasteiger partial charge in [-0.05, 0) is 48.9 Å². The number of nitrogens with one attached hydrogen (secondary N) is 2. The van der Waals surface area contributed by atoms with Crippen molar-refractivity contribution in [2.45, 2.75) is 13.3 Å². The molecule has 0 saturated carbocycles. The van der Waals surface area contributed by atoms with Crippen molar-refractivity contribution in [1.82, 2.24) is 0 Å². The summed E-state index contributed by atoms with van der Waals surface area (Å²) in [7, 11) is 2.67. The van der Waals surface area contributed by atoms with Gasteiger partial charge in [0.25, 0.3) is 0 Å². The molecule has 0 heterocycles. The van der Waals surface area contributed by atoms with Crippen LogP contribution in [0.3, 0.4) is 0 Å². The number of carboxylic acid groups (broad SMARTS) is 2. The molecule has 0 fully saturated rings. The summed E-state index contributed by atoms with van der Waals surface area (Å²) >= 11 is 0. The lowest BCUT2D eigenvalue weighted by Crippen LogP contribution is -2.23. The number of rotatable bonds is 9. The average Bonchev–Trinajstić information content (AvgIpc) is 2.72. The number of esters is 1. The Bertz CT molecular complexity index is 970. The third-order valence-corrected chi connectivity index (χ3v) is 3.81. The van der Waals surface area contributed by atoms with E-state index in [0.29, 0.717) is 16.8 Å². The van der Waals surface area contributed by atoms with Gasteiger partial charge in [-0.2, -0.15) is 0 Å². The van der Waals surface area contributed by atoms with Gasteiger partial charge in [0, 0.05) is 22.8 Å². The van der Waals surface area contributed by atoms with Crippen LogP contribution in [-0.4, -0.2) is 44.7 Å². The number of aliphatic carboxylic acids is 1. The molecule has 2 aromatic rings. The first kappa shape index (κ1) is 25.8. The Hall–Kier alpha value is -4.28. The summed E-state index contributed by atoms with van der Waals surface area (Å²) in [5.41, 5.74) is 6.82. The van der Waals surface area contributed by atoms with Crippen LogP contribution in [-0.2, 0) is 20.7 Å². The Morgan fingerprint density at radius 2 is 1.66 bits per heavy atom. The lowest BCUT2D eigenvalue weighted by molar-refractivity contribution is -0.302. The van der Waals surface area contributed by atoms with Crippen molar-refractivity contribution in [3.8, 4) is 11.5 Å². The van der Waals surface area contributed by atoms with E-state index < -0.39 is 17.9 Å². The molecule has 0 aliphatic carbocycles. The van der Waals surface area contributed by atoms with E-state index in [-0.39, 0.29) is 36.0 Å². The molecule has 0 saturated heterocycles. The zero-order chi connectivity index (χ0) is 24.3. The molecule has 11 heteroatoms. The van der Waals surface area contributed by atoms with Crippen LogP contribution in [0.2, 0.25) is 0 Å². The third-order valence-electron chi connectivity index (χ3n) is 3.81. The summed E-state index contributed by atoms with van der Waals surface area (Å²) in [5, 5.41) is 30.4. The highest BCUT2D eigenvalue weighted by Gasteiger charge is 2.15. The zero-order valence-electron chi connectivity index (χ0n) is 17.7. The van der Waals surface area contributed by atoms with E-state index in [2.05, 4.69) is 5.32 Å². The van der Waals surface area contributed by atoms with E-state index in [1.165, 1.54) is 26.4 Å². The fraction of sp³-hybridized carbons (Fsp3) is 0.238. The summed E-state index contributed by atoms with van der Waals surface area (Å²) < 4.78 is 15.2. The molecule has 0 atom stereocenters. The first-order valence-corrected chi connectivity index (χ1v) is 9.06. The quantitative estimate of drug-likeness (QED) is 0.192. The van der Waals surface area contributed by atoms with Crippen LogP contribution in [0, 0.1) is 5.41 Å². The molecule has 172 valence electrons. The van der Waals surface area contributed by atoms with E-state index >= 15 is 0 Å². The fourth-order valence-electron chi connectivity index (χ4n) is 2.46. The number of nitrogen functional groups attached to an aromatic ring is 1. The molecule has 0 radical (unpaired) electrons. The third kappa shape index (κ3) is 8.22. The zero-order valence-corrected chi connectivity index (χ0v) is 17.7. The summed E-state index contributed by atoms with van der Waals surface area (Å²) in [6, 6.07) is 9.51. The van der Waals surface area contributed by atoms with E-state index in [1.807, 2.05) is 0 Å². The molecule has 0 amide bonds. The SMILES string of the molecule is CC(=O)[O-].COc1cc(CC(=O)OCNc2ccc(C(=N)N)cc2)cc(C(=O)[O-])c1OC. The van der Waals surface area contributed by atoms with Crippen LogP contribution in [0.25, 0.3) is 0 Å². The lowest BCUT2D eigenvalue weighted by Gasteiger charge is -2.15. The molecule has 0 unspecified atom stereocenters. The average molecular weight is 445 g/mol. The number of carboxylic acids is 2. The van der Waals surface area contributed by atoms with Gasteiger partial charge >= 0.3 is 5.97 Å². The van der Waals surface area contributed by atoms with Crippen molar-refractivity contribution in [1.29, 1.82) is 5.41 Å². The smallest absolute Gasteiger partial charge is 0.311 e. The number of carbonyl (C=O) groups is 3. The molecule has 32 heavy (non-hydrogen) atoms. The number of ether oxygens (including phenoxy) is 3. The van der Waals surface area contributed by atoms with Gasteiger partial charge in [-0.15, -0.1) is 0 Å². The van der Waals surface area contributed by atoms with E-state index in [0.717, 1.165) is 6.92 Å². The molecule has 0 aromatic heterocycles. The van der Waals surface area contributed by atoms with Crippen LogP contribution in [0.15, 0.2) is 36.4 Å². The molecule has 2 aromatic carbocycles. The van der Waals surface area contributed by atoms with Crippen LogP contribution in [0.5, 0.6) is 11.5 Å². The highest BCUT2D eigenvalue weighted by molar-refractivity contribution is 5.95. The number of benzene rings is 2. The lowest BCUT2D eigenvalue weighted by atomic mass is 10.1. The van der Waals surface area contributed by atoms with Gasteiger partial charge in [0.1, 0.15) is 5.84 Å². The molecule has 0 bridgehead atoms. The predicted octanol–water partition coefficient (Wildman–Crippen LogP) is -0.737. The highest BCUT2D eigenvalue weighted by atomic mass is 16.5. The number of anilines is 1. The van der Waals surface area contributed by atoms with Crippen LogP contribution >= 0.6 is 0 Å². The first-order chi connectivity index (χ1) is 15.1. The Balaban J connectivity index is 0.00000118. The maximum absolute atomic E-state index is 12.0. The van der Waals surface area contributed by atoms with Gasteiger partial charge in [-0.3, -0.25) is 10.2 Å². The maximum atomic E-state index is 12.0. The summed E-state index contributed by atoms with van der Waals surface area (Å²) in [6.07, 6.45) is -0.161. The van der Waals surface area contributed by atoms with Crippen molar-refractivity contribution < 1.29 is 38.8 Å². The normalized spacial score (nSPS) is 9.59. The second-order valence-corrected chi connectivity index (χ2v) is 6.16. The number of methoxy groups -OCH3 is 2. The molecule has 11 nitrogen and oxygen atoms in total. The van der Waals surface area contributed by atoms with Gasteiger partial charge in [-0.25, -0.2) is 0 Å². The molecule has 0 spiro atoms. The topological polar surface area (TPSA) is 187 Å². The number of hydrogen-bond donors (Lipinski definition) is 3. The minimum Gasteiger partial charge on any atom is -0.550 e. The monoisotopic (exact) mass is 445 g/mol. The Morgan fingerprint density at radius 1 is 1.06 bits per heavy atom. The summed E-state index contributed by atoms with van der Waals surface area (Å²) in [6.45, 7) is 0.888. The number of nitrogens with two attached hydrogens (primary N) is 1. The Labute approximate surface area is 184 Å². The van der Waals surface area contributed by atoms with Crippen LogP contribution in [0.1, 0.15) is 28.4 Å². The van der Waals surface area contributed by atoms with Crippen molar-refractivity contribution in [2.24, 2.45) is 5.73 Å². The number of hydrogen-bond acceptors (Lipinski definition) is 10. The largest absolute Gasteiger partial charge is 0.550 e. The van der Waals surface area contributed by atoms with Crippen molar-refractivity contribution in [2.75, 3.05) is 26.3 Å². The van der Waals surface area contributed by atoms with Crippen LogP contribution < -0.4 is 30.7 Å². The number of amidine groups is 1. The highest BCUT2D eigenvalue weighted by Crippen LogP contribution is 2.32. The van der Waals surface area contributed by atoms with Gasteiger partial charge in [-0.1, -0.05) is 0 Å². The molecule has 0 aliphatic rings. The van der Waals surface area contributed by atoms with Crippen molar-refractivity contribution in [3.63, 3.8) is 0 Å². The standard InChI is InChI=1S/C19H21N3O6.C2H4O2/c1-26-15-8-11(7-14(19(24)25)17(15)27-2)9-16(23)28-10-22-13-5-3-12(4-6-13)18(20)21;1-2(3)4/h3-8,22H,9-10H2,1-2H3,(H3,20,21)(H,24,25);1H3,(H,3,4)/p-2. The minimum absolute atomic E-state index is 0.0234. The van der Waals surface area contributed by atoms with Gasteiger partial charge in [0.15, 0.2) is 18.2 Å². The Kier molecular flexibility index (Phi) is 10.00. The van der Waals surface area contributed by atoms with E-state index in [9.17, 15) is 14.7 Å².